The Labute approximate surface area is 338 Å². The normalized spacial score (nSPS) is 14.3. The number of halogens is 1. The Morgan fingerprint density at radius 2 is 1.70 bits per heavy atom. The lowest BCUT2D eigenvalue weighted by atomic mass is 9.99. The van der Waals surface area contributed by atoms with Crippen LogP contribution in [0.2, 0.25) is 5.02 Å². The fourth-order valence-corrected chi connectivity index (χ4v) is 8.38. The predicted molar refractivity (Wildman–Crippen MR) is 230 cm³/mol. The molecule has 0 saturated carbocycles. The molecule has 1 aliphatic rings. The molecule has 1 heterocycles. The molecule has 0 aliphatic carbocycles. The highest BCUT2D eigenvalue weighted by Gasteiger charge is 2.26. The lowest BCUT2D eigenvalue weighted by Crippen LogP contribution is -2.46. The van der Waals surface area contributed by atoms with Crippen LogP contribution in [0.15, 0.2) is 132 Å². The Bertz CT molecular complexity index is 2150. The van der Waals surface area contributed by atoms with E-state index in [1.54, 1.807) is 36.4 Å². The minimum absolute atomic E-state index is 0.146. The second-order valence-electron chi connectivity index (χ2n) is 13.6. The molecule has 0 bridgehead atoms. The van der Waals surface area contributed by atoms with Gasteiger partial charge in [0.25, 0.3) is 21.6 Å². The number of nitrogens with one attached hydrogen (secondary N) is 2. The van der Waals surface area contributed by atoms with Crippen molar-refractivity contribution in [2.45, 2.75) is 23.9 Å². The van der Waals surface area contributed by atoms with Crippen molar-refractivity contribution in [3.8, 4) is 11.1 Å². The van der Waals surface area contributed by atoms with Crippen LogP contribution >= 0.6 is 23.4 Å². The number of hydrogen-bond donors (Lipinski definition) is 2. The van der Waals surface area contributed by atoms with Gasteiger partial charge < -0.3 is 15.1 Å². The van der Waals surface area contributed by atoms with E-state index >= 15 is 0 Å². The second kappa shape index (κ2) is 19.8. The summed E-state index contributed by atoms with van der Waals surface area (Å²) in [6.45, 7) is 12.3. The van der Waals surface area contributed by atoms with E-state index in [1.807, 2.05) is 55.4 Å². The summed E-state index contributed by atoms with van der Waals surface area (Å²) >= 11 is 7.64. The van der Waals surface area contributed by atoms with Gasteiger partial charge in [-0.1, -0.05) is 73.3 Å². The Morgan fingerprint density at radius 1 is 1.00 bits per heavy atom. The molecule has 0 radical (unpaired) electrons. The molecular weight excluding hydrogens is 768 g/mol. The van der Waals surface area contributed by atoms with Crippen LogP contribution in [-0.2, 0) is 16.6 Å². The molecule has 1 fully saturated rings. The molecule has 1 unspecified atom stereocenters. The number of allylic oxidation sites excluding steroid dienone is 3. The molecule has 294 valence electrons. The monoisotopic (exact) mass is 814 g/mol. The van der Waals surface area contributed by atoms with Gasteiger partial charge in [0.2, 0.25) is 0 Å². The molecule has 4 aromatic carbocycles. The average molecular weight is 815 g/mol. The van der Waals surface area contributed by atoms with Crippen molar-refractivity contribution in [2.24, 2.45) is 0 Å². The fraction of sp³-hybridized carbons (Fsp3) is 0.262. The summed E-state index contributed by atoms with van der Waals surface area (Å²) in [5.74, 6) is -0.264. The van der Waals surface area contributed by atoms with Gasteiger partial charge in [0, 0.05) is 71.8 Å². The molecule has 4 aromatic rings. The summed E-state index contributed by atoms with van der Waals surface area (Å²) in [6.07, 6.45) is 5.88. The van der Waals surface area contributed by atoms with Crippen molar-refractivity contribution in [3.05, 3.63) is 154 Å². The summed E-state index contributed by atoms with van der Waals surface area (Å²) in [5, 5.41) is 16.1. The van der Waals surface area contributed by atoms with E-state index in [0.29, 0.717) is 17.2 Å². The number of nitrogens with zero attached hydrogens (tertiary/aromatic N) is 4. The standard InChI is InChI=1S/C42H47ClN6O5S2/c1-5-9-37(6-2)55-30-35(22-23-46(3)4)44-40-21-20-38(28-41(40)49(51)52)56(53,54)45-42(50)32-14-18-36(19-15-32)48-26-24-47(25-27-48)29-33-10-7-8-11-39(33)31-12-16-34(43)17-13-31/h5-21,28,35,44H,1-2,22-27,29-30H2,3-4H3,(H,45,50)/b37-9+. The Hall–Kier alpha value is -4.92. The topological polar surface area (TPSA) is 128 Å². The van der Waals surface area contributed by atoms with Crippen molar-refractivity contribution in [2.75, 3.05) is 62.8 Å². The SMILES string of the molecule is C=C/C=C(\C=C)SCC(CCN(C)C)Nc1ccc(S(=O)(=O)NC(=O)c2ccc(N3CCN(Cc4ccccc4-c4ccc(Cl)cc4)CC3)cc2)cc1[N+](=O)[O-]. The number of carbonyl (C=O) groups excluding carboxylic acids is 1. The van der Waals surface area contributed by atoms with E-state index in [1.165, 1.54) is 35.0 Å². The number of nitro benzene ring substituents is 1. The maximum Gasteiger partial charge on any atom is 0.293 e. The number of thioether (sulfide) groups is 1. The van der Waals surface area contributed by atoms with E-state index in [2.05, 4.69) is 51.2 Å². The van der Waals surface area contributed by atoms with Gasteiger partial charge in [0.15, 0.2) is 0 Å². The number of hydrogen-bond acceptors (Lipinski definition) is 10. The maximum atomic E-state index is 13.3. The quantitative estimate of drug-likeness (QED) is 0.0578. The van der Waals surface area contributed by atoms with Gasteiger partial charge in [-0.15, -0.1) is 11.8 Å². The molecule has 1 aliphatic heterocycles. The van der Waals surface area contributed by atoms with Crippen LogP contribution in [0.1, 0.15) is 22.3 Å². The molecule has 1 atom stereocenters. The van der Waals surface area contributed by atoms with Crippen LogP contribution in [0.3, 0.4) is 0 Å². The molecule has 14 heteroatoms. The van der Waals surface area contributed by atoms with Gasteiger partial charge in [-0.05, 0) is 98.4 Å². The largest absolute Gasteiger partial charge is 0.376 e. The van der Waals surface area contributed by atoms with E-state index in [-0.39, 0.29) is 17.3 Å². The van der Waals surface area contributed by atoms with E-state index in [9.17, 15) is 23.3 Å². The van der Waals surface area contributed by atoms with Crippen LogP contribution in [-0.4, -0.2) is 87.7 Å². The van der Waals surface area contributed by atoms with Crippen molar-refractivity contribution in [1.82, 2.24) is 14.5 Å². The highest BCUT2D eigenvalue weighted by Crippen LogP contribution is 2.31. The molecule has 56 heavy (non-hydrogen) atoms. The number of amides is 1. The average Bonchev–Trinajstić information content (AvgIpc) is 3.19. The summed E-state index contributed by atoms with van der Waals surface area (Å²) < 4.78 is 28.8. The molecule has 1 saturated heterocycles. The maximum absolute atomic E-state index is 13.3. The Kier molecular flexibility index (Phi) is 14.9. The van der Waals surface area contributed by atoms with Gasteiger partial charge in [-0.3, -0.25) is 19.8 Å². The van der Waals surface area contributed by atoms with Crippen LogP contribution in [0.4, 0.5) is 17.1 Å². The summed E-state index contributed by atoms with van der Waals surface area (Å²) in [6, 6.07) is 26.4. The molecule has 0 aromatic heterocycles. The highest BCUT2D eigenvalue weighted by molar-refractivity contribution is 8.03. The van der Waals surface area contributed by atoms with Crippen LogP contribution in [0, 0.1) is 10.1 Å². The smallest absolute Gasteiger partial charge is 0.293 e. The highest BCUT2D eigenvalue weighted by atomic mass is 35.5. The van der Waals surface area contributed by atoms with E-state index in [4.69, 9.17) is 11.6 Å². The Morgan fingerprint density at radius 3 is 2.34 bits per heavy atom. The van der Waals surface area contributed by atoms with Gasteiger partial charge in [-0.2, -0.15) is 0 Å². The minimum atomic E-state index is -4.44. The number of nitro groups is 1. The third kappa shape index (κ3) is 11.6. The van der Waals surface area contributed by atoms with Gasteiger partial charge in [0.05, 0.1) is 9.82 Å². The number of carbonyl (C=O) groups is 1. The van der Waals surface area contributed by atoms with Gasteiger partial charge >= 0.3 is 0 Å². The summed E-state index contributed by atoms with van der Waals surface area (Å²) in [5.41, 5.74) is 4.37. The zero-order valence-corrected chi connectivity index (χ0v) is 34.0. The second-order valence-corrected chi connectivity index (χ2v) is 16.8. The fourth-order valence-electron chi connectivity index (χ4n) is 6.31. The molecular formula is C42H47ClN6O5S2. The van der Waals surface area contributed by atoms with E-state index in [0.717, 1.165) is 61.5 Å². The summed E-state index contributed by atoms with van der Waals surface area (Å²) in [4.78, 5) is 31.8. The minimum Gasteiger partial charge on any atom is -0.376 e. The lowest BCUT2D eigenvalue weighted by Gasteiger charge is -2.36. The zero-order valence-electron chi connectivity index (χ0n) is 31.6. The van der Waals surface area contributed by atoms with Crippen molar-refractivity contribution in [1.29, 1.82) is 0 Å². The van der Waals surface area contributed by atoms with Crippen molar-refractivity contribution < 1.29 is 18.1 Å². The lowest BCUT2D eigenvalue weighted by molar-refractivity contribution is -0.384. The van der Waals surface area contributed by atoms with Gasteiger partial charge in [-0.25, -0.2) is 13.1 Å². The predicted octanol–water partition coefficient (Wildman–Crippen LogP) is 8.08. The third-order valence-corrected chi connectivity index (χ3v) is 12.1. The van der Waals surface area contributed by atoms with Crippen molar-refractivity contribution >= 4 is 56.4 Å². The number of piperazine rings is 1. The molecule has 0 spiro atoms. The summed E-state index contributed by atoms with van der Waals surface area (Å²) in [7, 11) is -0.558. The first kappa shape index (κ1) is 42.2. The first-order valence-electron chi connectivity index (χ1n) is 18.1. The van der Waals surface area contributed by atoms with Crippen molar-refractivity contribution in [3.63, 3.8) is 0 Å². The zero-order chi connectivity index (χ0) is 40.2. The first-order chi connectivity index (χ1) is 26.9. The number of sulfonamides is 1. The third-order valence-electron chi connectivity index (χ3n) is 9.36. The van der Waals surface area contributed by atoms with E-state index < -0.39 is 31.4 Å². The van der Waals surface area contributed by atoms with Crippen LogP contribution < -0.4 is 14.9 Å². The number of rotatable bonds is 18. The molecule has 5 rings (SSSR count). The molecule has 1 amide bonds. The Balaban J connectivity index is 1.20. The van der Waals surface area contributed by atoms with Crippen LogP contribution in [0.25, 0.3) is 11.1 Å². The number of anilines is 2. The first-order valence-corrected chi connectivity index (χ1v) is 21.0. The molecule has 11 nitrogen and oxygen atoms in total. The number of benzene rings is 4. The van der Waals surface area contributed by atoms with Gasteiger partial charge in [0.1, 0.15) is 5.69 Å². The molecule has 2 N–H and O–H groups in total. The van der Waals surface area contributed by atoms with Crippen LogP contribution in [0.5, 0.6) is 0 Å².